The van der Waals surface area contributed by atoms with Gasteiger partial charge in [-0.05, 0) is 18.1 Å². The molecule has 0 saturated heterocycles. The van der Waals surface area contributed by atoms with E-state index in [9.17, 15) is 4.39 Å². The molecule has 0 aromatic heterocycles. The molecule has 0 aliphatic heterocycles. The van der Waals surface area contributed by atoms with Crippen LogP contribution in [0.5, 0.6) is 5.75 Å². The molecule has 0 saturated carbocycles. The number of hydrogen-bond acceptors (Lipinski definition) is 1. The molecule has 1 rings (SSSR count). The van der Waals surface area contributed by atoms with Crippen LogP contribution in [0, 0.1) is 5.92 Å². The standard InChI is InChI=1S/C11H14ClFO/c1-8(2)7-14-10-5-3-9(4-6-10)11(12)13/h3-6,8,11H,7H2,1-2H3. The van der Waals surface area contributed by atoms with Crippen molar-refractivity contribution in [3.8, 4) is 5.75 Å². The summed E-state index contributed by atoms with van der Waals surface area (Å²) in [7, 11) is 0. The monoisotopic (exact) mass is 216 g/mol. The van der Waals surface area contributed by atoms with Gasteiger partial charge in [0.1, 0.15) is 5.75 Å². The third-order valence-corrected chi connectivity index (χ3v) is 1.97. The van der Waals surface area contributed by atoms with Crippen LogP contribution in [0.25, 0.3) is 0 Å². The Balaban J connectivity index is 2.55. The van der Waals surface area contributed by atoms with Crippen molar-refractivity contribution in [3.05, 3.63) is 29.8 Å². The number of ether oxygens (including phenoxy) is 1. The summed E-state index contributed by atoms with van der Waals surface area (Å²) in [5.74, 6) is 1.23. The highest BCUT2D eigenvalue weighted by Crippen LogP contribution is 2.23. The highest BCUT2D eigenvalue weighted by atomic mass is 35.5. The Morgan fingerprint density at radius 1 is 1.29 bits per heavy atom. The van der Waals surface area contributed by atoms with Crippen molar-refractivity contribution in [2.24, 2.45) is 5.92 Å². The topological polar surface area (TPSA) is 9.23 Å². The molecule has 1 atom stereocenters. The summed E-state index contributed by atoms with van der Waals surface area (Å²) < 4.78 is 18.0. The molecule has 1 aromatic carbocycles. The maximum Gasteiger partial charge on any atom is 0.198 e. The van der Waals surface area contributed by atoms with Crippen LogP contribution in [0.1, 0.15) is 25.0 Å². The van der Waals surface area contributed by atoms with Crippen LogP contribution < -0.4 is 4.74 Å². The van der Waals surface area contributed by atoms with Crippen LogP contribution in [0.2, 0.25) is 0 Å². The molecule has 1 unspecified atom stereocenters. The Morgan fingerprint density at radius 2 is 1.86 bits per heavy atom. The average molecular weight is 217 g/mol. The van der Waals surface area contributed by atoms with Crippen LogP contribution in [0.4, 0.5) is 4.39 Å². The summed E-state index contributed by atoms with van der Waals surface area (Å²) in [5, 5.41) is 0. The second kappa shape index (κ2) is 5.20. The van der Waals surface area contributed by atoms with Gasteiger partial charge in [0, 0.05) is 5.56 Å². The Morgan fingerprint density at radius 3 is 2.29 bits per heavy atom. The van der Waals surface area contributed by atoms with Crippen LogP contribution in [-0.4, -0.2) is 6.61 Å². The van der Waals surface area contributed by atoms with Crippen molar-refractivity contribution in [2.75, 3.05) is 6.61 Å². The summed E-state index contributed by atoms with van der Waals surface area (Å²) in [6, 6.07) is 6.72. The summed E-state index contributed by atoms with van der Waals surface area (Å²) in [6.45, 7) is 4.81. The van der Waals surface area contributed by atoms with E-state index in [-0.39, 0.29) is 0 Å². The van der Waals surface area contributed by atoms with Gasteiger partial charge in [0.05, 0.1) is 6.61 Å². The predicted molar refractivity (Wildman–Crippen MR) is 56.5 cm³/mol. The van der Waals surface area contributed by atoms with Crippen LogP contribution >= 0.6 is 11.6 Å². The zero-order valence-electron chi connectivity index (χ0n) is 8.34. The first kappa shape index (κ1) is 11.3. The van der Waals surface area contributed by atoms with E-state index in [1.54, 1.807) is 24.3 Å². The lowest BCUT2D eigenvalue weighted by molar-refractivity contribution is 0.271. The molecular weight excluding hydrogens is 203 g/mol. The fourth-order valence-electron chi connectivity index (χ4n) is 0.972. The van der Waals surface area contributed by atoms with E-state index in [0.717, 1.165) is 5.75 Å². The lowest BCUT2D eigenvalue weighted by Gasteiger charge is -2.09. The van der Waals surface area contributed by atoms with E-state index in [0.29, 0.717) is 18.1 Å². The molecule has 78 valence electrons. The molecule has 0 spiro atoms. The van der Waals surface area contributed by atoms with E-state index < -0.39 is 5.63 Å². The fourth-order valence-corrected chi connectivity index (χ4v) is 1.12. The van der Waals surface area contributed by atoms with Crippen LogP contribution in [0.3, 0.4) is 0 Å². The Labute approximate surface area is 88.8 Å². The first-order valence-electron chi connectivity index (χ1n) is 4.60. The quantitative estimate of drug-likeness (QED) is 0.693. The zero-order valence-corrected chi connectivity index (χ0v) is 9.09. The van der Waals surface area contributed by atoms with E-state index in [4.69, 9.17) is 16.3 Å². The van der Waals surface area contributed by atoms with Crippen LogP contribution in [0.15, 0.2) is 24.3 Å². The minimum atomic E-state index is -1.44. The van der Waals surface area contributed by atoms with Gasteiger partial charge >= 0.3 is 0 Å². The number of halogens is 2. The Hall–Kier alpha value is -0.760. The van der Waals surface area contributed by atoms with E-state index in [2.05, 4.69) is 13.8 Å². The van der Waals surface area contributed by atoms with Gasteiger partial charge in [-0.15, -0.1) is 0 Å². The Bertz CT molecular complexity index is 269. The van der Waals surface area contributed by atoms with Gasteiger partial charge in [0.2, 0.25) is 0 Å². The minimum absolute atomic E-state index is 0.462. The van der Waals surface area contributed by atoms with Crippen molar-refractivity contribution in [2.45, 2.75) is 19.5 Å². The van der Waals surface area contributed by atoms with E-state index >= 15 is 0 Å². The predicted octanol–water partition coefficient (Wildman–Crippen LogP) is 3.93. The first-order chi connectivity index (χ1) is 6.59. The van der Waals surface area contributed by atoms with Gasteiger partial charge < -0.3 is 4.74 Å². The first-order valence-corrected chi connectivity index (χ1v) is 5.04. The molecule has 0 fully saturated rings. The zero-order chi connectivity index (χ0) is 10.6. The molecule has 0 bridgehead atoms. The number of benzene rings is 1. The smallest absolute Gasteiger partial charge is 0.198 e. The molecule has 1 aromatic rings. The van der Waals surface area contributed by atoms with Gasteiger partial charge in [0.25, 0.3) is 0 Å². The van der Waals surface area contributed by atoms with Crippen molar-refractivity contribution in [1.82, 2.24) is 0 Å². The van der Waals surface area contributed by atoms with Crippen molar-refractivity contribution >= 4 is 11.6 Å². The van der Waals surface area contributed by atoms with Crippen LogP contribution in [-0.2, 0) is 0 Å². The highest BCUT2D eigenvalue weighted by Gasteiger charge is 2.04. The van der Waals surface area contributed by atoms with Crippen molar-refractivity contribution < 1.29 is 9.13 Å². The van der Waals surface area contributed by atoms with Gasteiger partial charge in [-0.3, -0.25) is 0 Å². The van der Waals surface area contributed by atoms with Gasteiger partial charge in [-0.1, -0.05) is 37.6 Å². The average Bonchev–Trinajstić information content (AvgIpc) is 2.15. The fraction of sp³-hybridized carbons (Fsp3) is 0.455. The molecule has 1 nitrogen and oxygen atoms in total. The number of hydrogen-bond donors (Lipinski definition) is 0. The maximum absolute atomic E-state index is 12.6. The normalized spacial score (nSPS) is 12.9. The third kappa shape index (κ3) is 3.54. The molecule has 0 amide bonds. The minimum Gasteiger partial charge on any atom is -0.493 e. The number of rotatable bonds is 4. The SMILES string of the molecule is CC(C)COc1ccc(C(F)Cl)cc1. The summed E-state index contributed by atoms with van der Waals surface area (Å²) in [6.07, 6.45) is 0. The lowest BCUT2D eigenvalue weighted by atomic mass is 10.2. The molecular formula is C11H14ClFO. The summed E-state index contributed by atoms with van der Waals surface area (Å²) in [5.41, 5.74) is -0.974. The molecule has 0 aliphatic carbocycles. The molecule has 0 aliphatic rings. The molecule has 0 heterocycles. The molecule has 3 heteroatoms. The highest BCUT2D eigenvalue weighted by molar-refractivity contribution is 6.19. The number of alkyl halides is 2. The lowest BCUT2D eigenvalue weighted by Crippen LogP contribution is -2.04. The molecule has 0 radical (unpaired) electrons. The van der Waals surface area contributed by atoms with Crippen molar-refractivity contribution in [1.29, 1.82) is 0 Å². The Kier molecular flexibility index (Phi) is 4.21. The molecule has 14 heavy (non-hydrogen) atoms. The van der Waals surface area contributed by atoms with Crippen molar-refractivity contribution in [3.63, 3.8) is 0 Å². The van der Waals surface area contributed by atoms with Gasteiger partial charge in [-0.25, -0.2) is 4.39 Å². The van der Waals surface area contributed by atoms with Gasteiger partial charge in [-0.2, -0.15) is 0 Å². The molecule has 0 N–H and O–H groups in total. The second-order valence-corrected chi connectivity index (χ2v) is 3.96. The maximum atomic E-state index is 12.6. The van der Waals surface area contributed by atoms with E-state index in [1.165, 1.54) is 0 Å². The van der Waals surface area contributed by atoms with E-state index in [1.807, 2.05) is 0 Å². The van der Waals surface area contributed by atoms with Gasteiger partial charge in [0.15, 0.2) is 5.63 Å². The third-order valence-electron chi connectivity index (χ3n) is 1.72. The second-order valence-electron chi connectivity index (χ2n) is 3.57. The summed E-state index contributed by atoms with van der Waals surface area (Å²) >= 11 is 5.28. The summed E-state index contributed by atoms with van der Waals surface area (Å²) in [4.78, 5) is 0. The largest absolute Gasteiger partial charge is 0.493 e.